The summed E-state index contributed by atoms with van der Waals surface area (Å²) in [5.74, 6) is -0.00476. The lowest BCUT2D eigenvalue weighted by atomic mass is 9.85. The first-order valence-electron chi connectivity index (χ1n) is 7.62. The summed E-state index contributed by atoms with van der Waals surface area (Å²) in [5.41, 5.74) is 1.03. The summed E-state index contributed by atoms with van der Waals surface area (Å²) >= 11 is 0. The fraction of sp³-hybridized carbons (Fsp3) is 0.333. The van der Waals surface area contributed by atoms with Gasteiger partial charge in [-0.2, -0.15) is 0 Å². The molecule has 4 heteroatoms. The zero-order valence-electron chi connectivity index (χ0n) is 12.5. The first-order chi connectivity index (χ1) is 10.7. The number of aromatic nitrogens is 1. The lowest BCUT2D eigenvalue weighted by Gasteiger charge is -2.38. The molecule has 0 radical (unpaired) electrons. The van der Waals surface area contributed by atoms with E-state index in [4.69, 9.17) is 0 Å². The van der Waals surface area contributed by atoms with Gasteiger partial charge in [0.25, 0.3) is 5.91 Å². The van der Waals surface area contributed by atoms with Crippen molar-refractivity contribution in [2.75, 3.05) is 13.1 Å². The Bertz CT molecular complexity index is 620. The number of carbonyl (C=O) groups excluding carboxylic acids is 1. The topological polar surface area (TPSA) is 53.4 Å². The quantitative estimate of drug-likeness (QED) is 0.945. The molecule has 0 atom stereocenters. The van der Waals surface area contributed by atoms with Crippen molar-refractivity contribution in [1.29, 1.82) is 0 Å². The zero-order chi connectivity index (χ0) is 15.4. The van der Waals surface area contributed by atoms with E-state index >= 15 is 0 Å². The molecule has 2 heterocycles. The highest BCUT2D eigenvalue weighted by molar-refractivity contribution is 5.93. The number of carbonyl (C=O) groups is 1. The predicted octanol–water partition coefficient (Wildman–Crippen LogP) is 2.29. The molecule has 0 saturated carbocycles. The van der Waals surface area contributed by atoms with Gasteiger partial charge in [-0.3, -0.25) is 9.78 Å². The van der Waals surface area contributed by atoms with Crippen LogP contribution in [0.25, 0.3) is 0 Å². The number of piperidine rings is 1. The number of hydrogen-bond donors (Lipinski definition) is 1. The van der Waals surface area contributed by atoms with Gasteiger partial charge in [-0.15, -0.1) is 0 Å². The van der Waals surface area contributed by atoms with E-state index < -0.39 is 5.60 Å². The highest BCUT2D eigenvalue weighted by Crippen LogP contribution is 2.27. The third kappa shape index (κ3) is 3.34. The molecule has 1 fully saturated rings. The summed E-state index contributed by atoms with van der Waals surface area (Å²) in [4.78, 5) is 18.2. The molecule has 1 aromatic heterocycles. The normalized spacial score (nSPS) is 17.2. The van der Waals surface area contributed by atoms with Gasteiger partial charge in [0.1, 0.15) is 0 Å². The van der Waals surface area contributed by atoms with Gasteiger partial charge in [-0.05, 0) is 30.5 Å². The molecule has 1 aliphatic heterocycles. The van der Waals surface area contributed by atoms with E-state index in [0.29, 0.717) is 37.9 Å². The average Bonchev–Trinajstić information content (AvgIpc) is 2.56. The summed E-state index contributed by atoms with van der Waals surface area (Å²) in [6.45, 7) is 1.16. The van der Waals surface area contributed by atoms with Gasteiger partial charge < -0.3 is 10.0 Å². The number of hydrogen-bond acceptors (Lipinski definition) is 3. The number of nitrogens with zero attached hydrogens (tertiary/aromatic N) is 2. The maximum Gasteiger partial charge on any atom is 0.255 e. The summed E-state index contributed by atoms with van der Waals surface area (Å²) in [6.07, 6.45) is 5.10. The second-order valence-electron chi connectivity index (χ2n) is 5.92. The van der Waals surface area contributed by atoms with Gasteiger partial charge in [-0.25, -0.2) is 0 Å². The summed E-state index contributed by atoms with van der Waals surface area (Å²) in [7, 11) is 0. The zero-order valence-corrected chi connectivity index (χ0v) is 12.5. The summed E-state index contributed by atoms with van der Waals surface area (Å²) in [6, 6.07) is 13.6. The molecule has 1 saturated heterocycles. The van der Waals surface area contributed by atoms with E-state index in [-0.39, 0.29) is 5.91 Å². The second-order valence-corrected chi connectivity index (χ2v) is 5.92. The molecule has 2 aromatic rings. The minimum absolute atomic E-state index is 0.00476. The van der Waals surface area contributed by atoms with Crippen molar-refractivity contribution in [2.24, 2.45) is 0 Å². The van der Waals surface area contributed by atoms with Crippen LogP contribution in [0, 0.1) is 0 Å². The molecule has 1 aromatic carbocycles. The van der Waals surface area contributed by atoms with E-state index in [1.807, 2.05) is 30.3 Å². The van der Waals surface area contributed by atoms with Crippen LogP contribution < -0.4 is 0 Å². The minimum Gasteiger partial charge on any atom is -0.389 e. The highest BCUT2D eigenvalue weighted by atomic mass is 16.3. The lowest BCUT2D eigenvalue weighted by Crippen LogP contribution is -2.47. The van der Waals surface area contributed by atoms with Crippen molar-refractivity contribution in [1.82, 2.24) is 9.88 Å². The predicted molar refractivity (Wildman–Crippen MR) is 84.5 cm³/mol. The number of rotatable bonds is 3. The molecule has 0 bridgehead atoms. The van der Waals surface area contributed by atoms with Crippen molar-refractivity contribution < 1.29 is 9.90 Å². The van der Waals surface area contributed by atoms with E-state index in [2.05, 4.69) is 4.98 Å². The first-order valence-corrected chi connectivity index (χ1v) is 7.62. The molecular formula is C18H20N2O2. The molecule has 3 rings (SSSR count). The van der Waals surface area contributed by atoms with Crippen molar-refractivity contribution in [2.45, 2.75) is 24.9 Å². The van der Waals surface area contributed by atoms with Crippen LogP contribution in [0.4, 0.5) is 0 Å². The number of amides is 1. The van der Waals surface area contributed by atoms with Crippen LogP contribution in [-0.4, -0.2) is 39.6 Å². The highest BCUT2D eigenvalue weighted by Gasteiger charge is 2.34. The van der Waals surface area contributed by atoms with Gasteiger partial charge in [0.2, 0.25) is 0 Å². The van der Waals surface area contributed by atoms with Crippen LogP contribution in [0.2, 0.25) is 0 Å². The maximum atomic E-state index is 12.4. The second kappa shape index (κ2) is 6.28. The standard InChI is InChI=1S/C18H20N2O2/c21-17(16-7-4-10-19-14-16)20-11-8-18(22,9-12-20)13-15-5-2-1-3-6-15/h1-7,10,14,22H,8-9,11-13H2. The van der Waals surface area contributed by atoms with Gasteiger partial charge >= 0.3 is 0 Å². The van der Waals surface area contributed by atoms with E-state index in [1.165, 1.54) is 0 Å². The van der Waals surface area contributed by atoms with Gasteiger partial charge in [0.15, 0.2) is 0 Å². The average molecular weight is 296 g/mol. The molecule has 22 heavy (non-hydrogen) atoms. The Balaban J connectivity index is 1.61. The Morgan fingerprint density at radius 2 is 1.86 bits per heavy atom. The Morgan fingerprint density at radius 1 is 1.14 bits per heavy atom. The van der Waals surface area contributed by atoms with Crippen LogP contribution in [0.1, 0.15) is 28.8 Å². The van der Waals surface area contributed by atoms with Crippen LogP contribution in [0.15, 0.2) is 54.9 Å². The largest absolute Gasteiger partial charge is 0.389 e. The number of pyridine rings is 1. The first kappa shape index (κ1) is 14.7. The molecule has 0 spiro atoms. The van der Waals surface area contributed by atoms with E-state index in [0.717, 1.165) is 5.56 Å². The maximum absolute atomic E-state index is 12.4. The van der Waals surface area contributed by atoms with E-state index in [1.54, 1.807) is 29.4 Å². The van der Waals surface area contributed by atoms with Crippen LogP contribution in [0.5, 0.6) is 0 Å². The molecule has 4 nitrogen and oxygen atoms in total. The lowest BCUT2D eigenvalue weighted by molar-refractivity contribution is -0.0162. The van der Waals surface area contributed by atoms with Crippen LogP contribution in [-0.2, 0) is 6.42 Å². The fourth-order valence-corrected chi connectivity index (χ4v) is 2.95. The van der Waals surface area contributed by atoms with Crippen molar-refractivity contribution in [3.05, 3.63) is 66.0 Å². The number of benzene rings is 1. The monoisotopic (exact) mass is 296 g/mol. The van der Waals surface area contributed by atoms with Gasteiger partial charge in [0, 0.05) is 31.9 Å². The van der Waals surface area contributed by atoms with E-state index in [9.17, 15) is 9.90 Å². The molecule has 0 unspecified atom stereocenters. The van der Waals surface area contributed by atoms with Crippen molar-refractivity contribution >= 4 is 5.91 Å². The molecule has 1 amide bonds. The van der Waals surface area contributed by atoms with Crippen LogP contribution >= 0.6 is 0 Å². The van der Waals surface area contributed by atoms with Gasteiger partial charge in [0.05, 0.1) is 11.2 Å². The van der Waals surface area contributed by atoms with Crippen molar-refractivity contribution in [3.8, 4) is 0 Å². The van der Waals surface area contributed by atoms with Crippen LogP contribution in [0.3, 0.4) is 0 Å². The Hall–Kier alpha value is -2.20. The third-order valence-electron chi connectivity index (χ3n) is 4.27. The molecular weight excluding hydrogens is 276 g/mol. The number of aliphatic hydroxyl groups is 1. The number of likely N-dealkylation sites (tertiary alicyclic amines) is 1. The smallest absolute Gasteiger partial charge is 0.255 e. The Morgan fingerprint density at radius 3 is 2.50 bits per heavy atom. The summed E-state index contributed by atoms with van der Waals surface area (Å²) < 4.78 is 0. The molecule has 114 valence electrons. The molecule has 1 aliphatic rings. The third-order valence-corrected chi connectivity index (χ3v) is 4.27. The fourth-order valence-electron chi connectivity index (χ4n) is 2.95. The minimum atomic E-state index is -0.715. The molecule has 0 aliphatic carbocycles. The van der Waals surface area contributed by atoms with Crippen molar-refractivity contribution in [3.63, 3.8) is 0 Å². The van der Waals surface area contributed by atoms with Gasteiger partial charge in [-0.1, -0.05) is 30.3 Å². The Kier molecular flexibility index (Phi) is 4.20. The Labute approximate surface area is 130 Å². The molecule has 1 N–H and O–H groups in total. The summed E-state index contributed by atoms with van der Waals surface area (Å²) in [5, 5.41) is 10.7. The SMILES string of the molecule is O=C(c1cccnc1)N1CCC(O)(Cc2ccccc2)CC1.